The van der Waals surface area contributed by atoms with Crippen molar-refractivity contribution in [3.63, 3.8) is 0 Å². The summed E-state index contributed by atoms with van der Waals surface area (Å²) in [6, 6.07) is 10.5. The van der Waals surface area contributed by atoms with Crippen molar-refractivity contribution >= 4 is 39.3 Å². The maximum absolute atomic E-state index is 12.3. The van der Waals surface area contributed by atoms with E-state index in [1.807, 2.05) is 6.07 Å². The fraction of sp³-hybridized carbons (Fsp3) is 0.0769. The second-order valence-corrected chi connectivity index (χ2v) is 4.97. The third-order valence-electron chi connectivity index (χ3n) is 2.46. The van der Waals surface area contributed by atoms with Crippen LogP contribution in [-0.4, -0.2) is 17.9 Å². The van der Waals surface area contributed by atoms with Crippen LogP contribution in [0.15, 0.2) is 47.1 Å². The number of carbonyl (C=O) groups excluding carboxylic acids is 1. The van der Waals surface area contributed by atoms with Crippen LogP contribution in [0.2, 0.25) is 5.02 Å². The number of pyridine rings is 1. The molecule has 0 aliphatic rings. The Bertz CT molecular complexity index is 574. The fourth-order valence-corrected chi connectivity index (χ4v) is 2.09. The van der Waals surface area contributed by atoms with Crippen LogP contribution in [-0.2, 0) is 0 Å². The van der Waals surface area contributed by atoms with Gasteiger partial charge < -0.3 is 0 Å². The Kier molecular flexibility index (Phi) is 3.99. The molecule has 92 valence electrons. The first-order valence-electron chi connectivity index (χ1n) is 5.24. The number of amides is 1. The molecule has 2 rings (SSSR count). The van der Waals surface area contributed by atoms with Gasteiger partial charge in [-0.15, -0.1) is 0 Å². The molecule has 0 spiro atoms. The third-order valence-corrected chi connectivity index (χ3v) is 3.38. The van der Waals surface area contributed by atoms with Crippen LogP contribution in [0.25, 0.3) is 0 Å². The molecule has 0 atom stereocenters. The highest BCUT2D eigenvalue weighted by molar-refractivity contribution is 9.10. The summed E-state index contributed by atoms with van der Waals surface area (Å²) in [4.78, 5) is 17.9. The fourth-order valence-electron chi connectivity index (χ4n) is 1.50. The van der Waals surface area contributed by atoms with E-state index in [4.69, 9.17) is 11.6 Å². The van der Waals surface area contributed by atoms with Gasteiger partial charge in [0.15, 0.2) is 0 Å². The van der Waals surface area contributed by atoms with Crippen molar-refractivity contribution in [3.05, 3.63) is 57.7 Å². The van der Waals surface area contributed by atoms with E-state index in [2.05, 4.69) is 20.9 Å². The number of aromatic nitrogens is 1. The molecule has 1 heterocycles. The molecular weight excluding hydrogens is 316 g/mol. The normalized spacial score (nSPS) is 10.2. The molecule has 2 aromatic rings. The summed E-state index contributed by atoms with van der Waals surface area (Å²) < 4.78 is 0.708. The minimum Gasteiger partial charge on any atom is -0.296 e. The van der Waals surface area contributed by atoms with Crippen LogP contribution >= 0.6 is 27.5 Å². The Labute approximate surface area is 119 Å². The van der Waals surface area contributed by atoms with Crippen molar-refractivity contribution in [2.45, 2.75) is 0 Å². The molecule has 0 radical (unpaired) electrons. The van der Waals surface area contributed by atoms with E-state index in [9.17, 15) is 4.79 Å². The highest BCUT2D eigenvalue weighted by atomic mass is 79.9. The van der Waals surface area contributed by atoms with Gasteiger partial charge in [0, 0.05) is 22.7 Å². The Morgan fingerprint density at radius 1 is 1.33 bits per heavy atom. The van der Waals surface area contributed by atoms with Gasteiger partial charge in [0.2, 0.25) is 0 Å². The molecule has 1 aromatic heterocycles. The van der Waals surface area contributed by atoms with Crippen molar-refractivity contribution in [1.29, 1.82) is 0 Å². The zero-order chi connectivity index (χ0) is 13.1. The van der Waals surface area contributed by atoms with Crippen molar-refractivity contribution in [3.8, 4) is 0 Å². The minimum absolute atomic E-state index is 0.164. The summed E-state index contributed by atoms with van der Waals surface area (Å²) >= 11 is 9.25. The average molecular weight is 326 g/mol. The van der Waals surface area contributed by atoms with E-state index in [1.165, 1.54) is 4.90 Å². The second kappa shape index (κ2) is 5.50. The number of benzene rings is 1. The molecule has 0 saturated heterocycles. The Morgan fingerprint density at radius 2 is 2.11 bits per heavy atom. The highest BCUT2D eigenvalue weighted by Gasteiger charge is 2.17. The van der Waals surface area contributed by atoms with E-state index >= 15 is 0 Å². The van der Waals surface area contributed by atoms with Crippen molar-refractivity contribution in [1.82, 2.24) is 4.98 Å². The van der Waals surface area contributed by atoms with Crippen molar-refractivity contribution < 1.29 is 4.79 Å². The molecule has 0 aliphatic heterocycles. The molecular formula is C13H10BrClN2O. The van der Waals surface area contributed by atoms with Gasteiger partial charge in [-0.25, -0.2) is 4.98 Å². The van der Waals surface area contributed by atoms with Gasteiger partial charge in [0.1, 0.15) is 5.82 Å². The van der Waals surface area contributed by atoms with Gasteiger partial charge in [0.05, 0.1) is 5.56 Å². The number of carbonyl (C=O) groups is 1. The summed E-state index contributed by atoms with van der Waals surface area (Å²) in [7, 11) is 1.68. The maximum atomic E-state index is 12.3. The lowest BCUT2D eigenvalue weighted by atomic mass is 10.2. The van der Waals surface area contributed by atoms with Crippen LogP contribution in [0.3, 0.4) is 0 Å². The first kappa shape index (κ1) is 13.1. The van der Waals surface area contributed by atoms with Crippen molar-refractivity contribution in [2.75, 3.05) is 11.9 Å². The summed E-state index contributed by atoms with van der Waals surface area (Å²) in [6.45, 7) is 0. The van der Waals surface area contributed by atoms with E-state index in [1.54, 1.807) is 43.6 Å². The van der Waals surface area contributed by atoms with Crippen LogP contribution in [0.1, 0.15) is 10.4 Å². The zero-order valence-electron chi connectivity index (χ0n) is 9.60. The molecule has 0 bridgehead atoms. The van der Waals surface area contributed by atoms with E-state index in [-0.39, 0.29) is 5.91 Å². The molecule has 0 fully saturated rings. The number of nitrogens with zero attached hydrogens (tertiary/aromatic N) is 2. The number of hydrogen-bond donors (Lipinski definition) is 0. The SMILES string of the molecule is CN(C(=O)c1cc(Cl)ccc1Br)c1ccccn1. The predicted octanol–water partition coefficient (Wildman–Crippen LogP) is 3.77. The molecule has 1 aromatic carbocycles. The maximum Gasteiger partial charge on any atom is 0.260 e. The second-order valence-electron chi connectivity index (χ2n) is 3.68. The molecule has 18 heavy (non-hydrogen) atoms. The van der Waals surface area contributed by atoms with Gasteiger partial charge in [-0.05, 0) is 46.3 Å². The largest absolute Gasteiger partial charge is 0.296 e. The van der Waals surface area contributed by atoms with Gasteiger partial charge >= 0.3 is 0 Å². The molecule has 0 saturated carbocycles. The zero-order valence-corrected chi connectivity index (χ0v) is 11.9. The lowest BCUT2D eigenvalue weighted by Gasteiger charge is -2.16. The molecule has 0 N–H and O–H groups in total. The van der Waals surface area contributed by atoms with Crippen LogP contribution in [0, 0.1) is 0 Å². The van der Waals surface area contributed by atoms with Crippen LogP contribution in [0.5, 0.6) is 0 Å². The smallest absolute Gasteiger partial charge is 0.260 e. The predicted molar refractivity (Wildman–Crippen MR) is 76.1 cm³/mol. The van der Waals surface area contributed by atoms with Crippen LogP contribution < -0.4 is 4.90 Å². The molecule has 0 aliphatic carbocycles. The number of anilines is 1. The highest BCUT2D eigenvalue weighted by Crippen LogP contribution is 2.23. The summed E-state index contributed by atoms with van der Waals surface area (Å²) in [6.07, 6.45) is 1.64. The van der Waals surface area contributed by atoms with E-state index < -0.39 is 0 Å². The number of rotatable bonds is 2. The Morgan fingerprint density at radius 3 is 2.78 bits per heavy atom. The summed E-state index contributed by atoms with van der Waals surface area (Å²) in [5.41, 5.74) is 0.510. The molecule has 1 amide bonds. The Hall–Kier alpha value is -1.39. The summed E-state index contributed by atoms with van der Waals surface area (Å²) in [5.74, 6) is 0.428. The van der Waals surface area contributed by atoms with Crippen molar-refractivity contribution in [2.24, 2.45) is 0 Å². The first-order chi connectivity index (χ1) is 8.59. The first-order valence-corrected chi connectivity index (χ1v) is 6.41. The molecule has 5 heteroatoms. The van der Waals surface area contributed by atoms with Gasteiger partial charge in [-0.1, -0.05) is 17.7 Å². The lowest BCUT2D eigenvalue weighted by molar-refractivity contribution is 0.0991. The Balaban J connectivity index is 2.34. The molecule has 3 nitrogen and oxygen atoms in total. The third kappa shape index (κ3) is 2.71. The van der Waals surface area contributed by atoms with Gasteiger partial charge in [0.25, 0.3) is 5.91 Å². The minimum atomic E-state index is -0.164. The van der Waals surface area contributed by atoms with Gasteiger partial charge in [-0.3, -0.25) is 9.69 Å². The molecule has 0 unspecified atom stereocenters. The monoisotopic (exact) mass is 324 g/mol. The van der Waals surface area contributed by atoms with E-state index in [0.29, 0.717) is 20.9 Å². The lowest BCUT2D eigenvalue weighted by Crippen LogP contribution is -2.27. The van der Waals surface area contributed by atoms with E-state index in [0.717, 1.165) is 0 Å². The topological polar surface area (TPSA) is 33.2 Å². The average Bonchev–Trinajstić information content (AvgIpc) is 2.41. The van der Waals surface area contributed by atoms with Crippen LogP contribution in [0.4, 0.5) is 5.82 Å². The number of halogens is 2. The van der Waals surface area contributed by atoms with Gasteiger partial charge in [-0.2, -0.15) is 0 Å². The standard InChI is InChI=1S/C13H10BrClN2O/c1-17(12-4-2-3-7-16-12)13(18)10-8-9(15)5-6-11(10)14/h2-8H,1H3. The quantitative estimate of drug-likeness (QED) is 0.842. The summed E-state index contributed by atoms with van der Waals surface area (Å²) in [5, 5.41) is 0.524. The number of hydrogen-bond acceptors (Lipinski definition) is 2.